The summed E-state index contributed by atoms with van der Waals surface area (Å²) >= 11 is 0. The number of esters is 1. The molecule has 1 aromatic heterocycles. The van der Waals surface area contributed by atoms with Crippen LogP contribution >= 0.6 is 0 Å². The first-order valence-corrected chi connectivity index (χ1v) is 7.27. The third-order valence-electron chi connectivity index (χ3n) is 3.92. The summed E-state index contributed by atoms with van der Waals surface area (Å²) in [5.74, 6) is 0.580. The standard InChI is InChI=1S/C15H24N2O3/c1-11(17-8-4-5-9-17)10-16-12(2)13-6-7-14(20-13)15(18)19-3/h6-7,11-12,16H,4-5,8-10H2,1-3H3. The van der Waals surface area contributed by atoms with Gasteiger partial charge in [0.15, 0.2) is 0 Å². The zero-order valence-electron chi connectivity index (χ0n) is 12.5. The van der Waals surface area contributed by atoms with E-state index in [1.165, 1.54) is 33.0 Å². The molecule has 1 N–H and O–H groups in total. The van der Waals surface area contributed by atoms with Crippen molar-refractivity contribution >= 4 is 5.97 Å². The van der Waals surface area contributed by atoms with Gasteiger partial charge in [0.1, 0.15) is 5.76 Å². The number of nitrogens with one attached hydrogen (secondary N) is 1. The minimum Gasteiger partial charge on any atom is -0.463 e. The molecule has 1 aliphatic heterocycles. The fourth-order valence-electron chi connectivity index (χ4n) is 2.56. The van der Waals surface area contributed by atoms with Crippen molar-refractivity contribution in [2.24, 2.45) is 0 Å². The average molecular weight is 280 g/mol. The molecule has 0 radical (unpaired) electrons. The lowest BCUT2D eigenvalue weighted by Crippen LogP contribution is -2.39. The summed E-state index contributed by atoms with van der Waals surface area (Å²) in [7, 11) is 1.35. The predicted octanol–water partition coefficient (Wildman–Crippen LogP) is 2.20. The highest BCUT2D eigenvalue weighted by molar-refractivity contribution is 5.86. The highest BCUT2D eigenvalue weighted by atomic mass is 16.5. The molecule has 0 bridgehead atoms. The smallest absolute Gasteiger partial charge is 0.373 e. The Morgan fingerprint density at radius 1 is 1.40 bits per heavy atom. The van der Waals surface area contributed by atoms with Crippen LogP contribution in [-0.2, 0) is 4.74 Å². The summed E-state index contributed by atoms with van der Waals surface area (Å²) in [6, 6.07) is 4.08. The molecule has 1 saturated heterocycles. The Bertz CT molecular complexity index is 438. The van der Waals surface area contributed by atoms with E-state index >= 15 is 0 Å². The normalized spacial score (nSPS) is 18.9. The summed E-state index contributed by atoms with van der Waals surface area (Å²) in [4.78, 5) is 13.8. The minimum atomic E-state index is -0.436. The summed E-state index contributed by atoms with van der Waals surface area (Å²) in [6.07, 6.45) is 2.61. The van der Waals surface area contributed by atoms with E-state index in [0.29, 0.717) is 6.04 Å². The van der Waals surface area contributed by atoms with Gasteiger partial charge >= 0.3 is 5.97 Å². The van der Waals surface area contributed by atoms with Gasteiger partial charge < -0.3 is 14.5 Å². The minimum absolute atomic E-state index is 0.0819. The molecular weight excluding hydrogens is 256 g/mol. The number of rotatable bonds is 6. The van der Waals surface area contributed by atoms with Crippen LogP contribution in [0.2, 0.25) is 0 Å². The van der Waals surface area contributed by atoms with E-state index in [9.17, 15) is 4.79 Å². The maximum absolute atomic E-state index is 11.3. The number of hydrogen-bond donors (Lipinski definition) is 1. The molecule has 0 spiro atoms. The van der Waals surface area contributed by atoms with Gasteiger partial charge in [0, 0.05) is 12.6 Å². The summed E-state index contributed by atoms with van der Waals surface area (Å²) < 4.78 is 10.1. The molecule has 5 heteroatoms. The van der Waals surface area contributed by atoms with Crippen molar-refractivity contribution in [2.75, 3.05) is 26.7 Å². The maximum Gasteiger partial charge on any atom is 0.373 e. The second-order valence-electron chi connectivity index (χ2n) is 5.42. The van der Waals surface area contributed by atoms with E-state index < -0.39 is 5.97 Å². The number of likely N-dealkylation sites (tertiary alicyclic amines) is 1. The van der Waals surface area contributed by atoms with Crippen molar-refractivity contribution in [3.63, 3.8) is 0 Å². The fourth-order valence-corrected chi connectivity index (χ4v) is 2.56. The molecule has 0 aliphatic carbocycles. The van der Waals surface area contributed by atoms with Crippen molar-refractivity contribution in [3.05, 3.63) is 23.7 Å². The largest absolute Gasteiger partial charge is 0.463 e. The Morgan fingerprint density at radius 3 is 2.75 bits per heavy atom. The lowest BCUT2D eigenvalue weighted by atomic mass is 10.2. The molecule has 0 saturated carbocycles. The molecule has 2 rings (SSSR count). The number of methoxy groups -OCH3 is 1. The Labute approximate surface area is 120 Å². The number of nitrogens with zero attached hydrogens (tertiary/aromatic N) is 1. The Hall–Kier alpha value is -1.33. The van der Waals surface area contributed by atoms with Crippen LogP contribution in [0, 0.1) is 0 Å². The first-order valence-electron chi connectivity index (χ1n) is 7.27. The van der Waals surface area contributed by atoms with E-state index in [2.05, 4.69) is 21.9 Å². The molecule has 112 valence electrons. The van der Waals surface area contributed by atoms with Crippen molar-refractivity contribution in [2.45, 2.75) is 38.8 Å². The molecule has 20 heavy (non-hydrogen) atoms. The van der Waals surface area contributed by atoms with Crippen LogP contribution < -0.4 is 5.32 Å². The Kier molecular flexibility index (Phi) is 5.20. The van der Waals surface area contributed by atoms with Gasteiger partial charge in [-0.2, -0.15) is 0 Å². The van der Waals surface area contributed by atoms with Gasteiger partial charge in [-0.25, -0.2) is 4.79 Å². The monoisotopic (exact) mass is 280 g/mol. The van der Waals surface area contributed by atoms with Crippen molar-refractivity contribution < 1.29 is 13.9 Å². The molecule has 1 fully saturated rings. The molecule has 0 amide bonds. The van der Waals surface area contributed by atoms with Crippen molar-refractivity contribution in [3.8, 4) is 0 Å². The molecule has 1 aliphatic rings. The zero-order chi connectivity index (χ0) is 14.5. The van der Waals surface area contributed by atoms with E-state index in [1.54, 1.807) is 6.07 Å². The second kappa shape index (κ2) is 6.90. The van der Waals surface area contributed by atoms with Crippen LogP contribution in [0.3, 0.4) is 0 Å². The maximum atomic E-state index is 11.3. The van der Waals surface area contributed by atoms with Gasteiger partial charge in [-0.05, 0) is 51.9 Å². The van der Waals surface area contributed by atoms with E-state index in [4.69, 9.17) is 4.42 Å². The third-order valence-corrected chi connectivity index (χ3v) is 3.92. The number of carbonyl (C=O) groups excluding carboxylic acids is 1. The molecule has 5 nitrogen and oxygen atoms in total. The average Bonchev–Trinajstić information content (AvgIpc) is 3.13. The fraction of sp³-hybridized carbons (Fsp3) is 0.667. The van der Waals surface area contributed by atoms with Crippen LogP contribution in [-0.4, -0.2) is 43.7 Å². The van der Waals surface area contributed by atoms with Gasteiger partial charge in [-0.1, -0.05) is 0 Å². The number of hydrogen-bond acceptors (Lipinski definition) is 5. The second-order valence-corrected chi connectivity index (χ2v) is 5.42. The van der Waals surface area contributed by atoms with Gasteiger partial charge in [0.05, 0.1) is 13.2 Å². The molecular formula is C15H24N2O3. The first-order chi connectivity index (χ1) is 9.61. The van der Waals surface area contributed by atoms with Crippen LogP contribution in [0.15, 0.2) is 16.5 Å². The van der Waals surface area contributed by atoms with Crippen molar-refractivity contribution in [1.82, 2.24) is 10.2 Å². The van der Waals surface area contributed by atoms with Gasteiger partial charge in [-0.15, -0.1) is 0 Å². The highest BCUT2D eigenvalue weighted by Gasteiger charge is 2.20. The third kappa shape index (κ3) is 3.61. The molecule has 2 heterocycles. The Balaban J connectivity index is 1.83. The quantitative estimate of drug-likeness (QED) is 0.810. The van der Waals surface area contributed by atoms with Gasteiger partial charge in [-0.3, -0.25) is 4.90 Å². The van der Waals surface area contributed by atoms with E-state index in [-0.39, 0.29) is 11.8 Å². The van der Waals surface area contributed by atoms with E-state index in [0.717, 1.165) is 12.3 Å². The summed E-state index contributed by atoms with van der Waals surface area (Å²) in [5, 5.41) is 3.46. The summed E-state index contributed by atoms with van der Waals surface area (Å²) in [5.41, 5.74) is 0. The van der Waals surface area contributed by atoms with Gasteiger partial charge in [0.25, 0.3) is 0 Å². The predicted molar refractivity (Wildman–Crippen MR) is 76.7 cm³/mol. The molecule has 2 unspecified atom stereocenters. The molecule has 0 aromatic carbocycles. The van der Waals surface area contributed by atoms with Crippen LogP contribution in [0.4, 0.5) is 0 Å². The zero-order valence-corrected chi connectivity index (χ0v) is 12.5. The highest BCUT2D eigenvalue weighted by Crippen LogP contribution is 2.17. The Morgan fingerprint density at radius 2 is 2.10 bits per heavy atom. The topological polar surface area (TPSA) is 54.7 Å². The lowest BCUT2D eigenvalue weighted by Gasteiger charge is -2.25. The number of ether oxygens (including phenoxy) is 1. The number of carbonyl (C=O) groups is 1. The van der Waals surface area contributed by atoms with Gasteiger partial charge in [0.2, 0.25) is 5.76 Å². The first kappa shape index (κ1) is 15.1. The lowest BCUT2D eigenvalue weighted by molar-refractivity contribution is 0.0562. The SMILES string of the molecule is COC(=O)c1ccc(C(C)NCC(C)N2CCCC2)o1. The van der Waals surface area contributed by atoms with Crippen molar-refractivity contribution in [1.29, 1.82) is 0 Å². The van der Waals surface area contributed by atoms with Crippen LogP contribution in [0.1, 0.15) is 49.0 Å². The molecule has 2 atom stereocenters. The van der Waals surface area contributed by atoms with Crippen LogP contribution in [0.25, 0.3) is 0 Å². The van der Waals surface area contributed by atoms with Crippen LogP contribution in [0.5, 0.6) is 0 Å². The van der Waals surface area contributed by atoms with E-state index in [1.807, 2.05) is 13.0 Å². The molecule has 1 aromatic rings. The summed E-state index contributed by atoms with van der Waals surface area (Å²) in [6.45, 7) is 7.59. The number of furan rings is 1.